The van der Waals surface area contributed by atoms with Crippen molar-refractivity contribution >= 4 is 23.5 Å². The summed E-state index contributed by atoms with van der Waals surface area (Å²) in [5.74, 6) is 1.08. The lowest BCUT2D eigenvalue weighted by atomic mass is 10.5. The van der Waals surface area contributed by atoms with E-state index in [-0.39, 0.29) is 5.91 Å². The second kappa shape index (κ2) is 5.43. The molecule has 0 bridgehead atoms. The Hall–Kier alpha value is -1.30. The van der Waals surface area contributed by atoms with E-state index in [0.29, 0.717) is 23.0 Å². The Morgan fingerprint density at radius 3 is 2.93 bits per heavy atom. The Morgan fingerprint density at radius 1 is 1.57 bits per heavy atom. The number of hydrogen-bond acceptors (Lipinski definition) is 5. The van der Waals surface area contributed by atoms with E-state index in [4.69, 9.17) is 5.73 Å². The maximum absolute atomic E-state index is 10.9. The quantitative estimate of drug-likeness (QED) is 0.701. The number of anilines is 1. The topological polar surface area (TPSA) is 80.9 Å². The third-order valence-electron chi connectivity index (χ3n) is 1.54. The average molecular weight is 212 g/mol. The van der Waals surface area contributed by atoms with Gasteiger partial charge in [-0.05, 0) is 0 Å². The van der Waals surface area contributed by atoms with Crippen LogP contribution in [0.4, 0.5) is 5.82 Å². The number of nitrogens with zero attached hydrogens (tertiary/aromatic N) is 2. The van der Waals surface area contributed by atoms with Crippen molar-refractivity contribution in [1.29, 1.82) is 0 Å². The van der Waals surface area contributed by atoms with Gasteiger partial charge >= 0.3 is 0 Å². The number of hydrogen-bond donors (Lipinski definition) is 2. The standard InChI is InChI=1S/C8H12N4OS/c1-10-6(13)2-5-14-8-7(9)11-3-4-12-8/h3-4H,2,5H2,1H3,(H2,9,11)(H,10,13). The number of nitrogens with one attached hydrogen (secondary N) is 1. The highest BCUT2D eigenvalue weighted by molar-refractivity contribution is 7.99. The zero-order chi connectivity index (χ0) is 10.4. The third-order valence-corrected chi connectivity index (χ3v) is 2.53. The van der Waals surface area contributed by atoms with Crippen molar-refractivity contribution in [1.82, 2.24) is 15.3 Å². The van der Waals surface area contributed by atoms with Crippen LogP contribution in [0, 0.1) is 0 Å². The van der Waals surface area contributed by atoms with E-state index >= 15 is 0 Å². The summed E-state index contributed by atoms with van der Waals surface area (Å²) in [6.07, 6.45) is 3.58. The normalized spacial score (nSPS) is 9.79. The van der Waals surface area contributed by atoms with E-state index in [2.05, 4.69) is 15.3 Å². The summed E-state index contributed by atoms with van der Waals surface area (Å²) in [7, 11) is 1.61. The largest absolute Gasteiger partial charge is 0.381 e. The summed E-state index contributed by atoms with van der Waals surface area (Å²) in [6.45, 7) is 0. The predicted octanol–water partition coefficient (Wildman–Crippen LogP) is 0.287. The van der Waals surface area contributed by atoms with Crippen LogP contribution in [-0.2, 0) is 4.79 Å². The second-order valence-corrected chi connectivity index (χ2v) is 3.60. The Bertz CT molecular complexity index is 318. The van der Waals surface area contributed by atoms with Crippen molar-refractivity contribution in [3.8, 4) is 0 Å². The maximum atomic E-state index is 10.9. The summed E-state index contributed by atoms with van der Waals surface area (Å²) in [6, 6.07) is 0. The molecule has 0 spiro atoms. The minimum Gasteiger partial charge on any atom is -0.381 e. The van der Waals surface area contributed by atoms with Gasteiger partial charge in [0.05, 0.1) is 0 Å². The summed E-state index contributed by atoms with van der Waals surface area (Å²) >= 11 is 1.43. The first-order chi connectivity index (χ1) is 6.74. The van der Waals surface area contributed by atoms with Crippen LogP contribution in [-0.4, -0.2) is 28.7 Å². The van der Waals surface area contributed by atoms with Crippen LogP contribution >= 0.6 is 11.8 Å². The van der Waals surface area contributed by atoms with Crippen molar-refractivity contribution in [2.75, 3.05) is 18.5 Å². The van der Waals surface area contributed by atoms with Gasteiger partial charge in [-0.15, -0.1) is 11.8 Å². The SMILES string of the molecule is CNC(=O)CCSc1nccnc1N. The number of nitrogens with two attached hydrogens (primary N) is 1. The molecule has 1 aromatic rings. The van der Waals surface area contributed by atoms with Crippen molar-refractivity contribution in [2.24, 2.45) is 0 Å². The number of thioether (sulfide) groups is 1. The Balaban J connectivity index is 2.39. The third kappa shape index (κ3) is 3.21. The number of carbonyl (C=O) groups excluding carboxylic acids is 1. The zero-order valence-electron chi connectivity index (χ0n) is 7.86. The van der Waals surface area contributed by atoms with Crippen molar-refractivity contribution < 1.29 is 4.79 Å². The average Bonchev–Trinajstić information content (AvgIpc) is 2.20. The van der Waals surface area contributed by atoms with Gasteiger partial charge in [0.1, 0.15) is 5.03 Å². The molecule has 0 fully saturated rings. The van der Waals surface area contributed by atoms with Crippen LogP contribution in [0.2, 0.25) is 0 Å². The molecule has 0 radical (unpaired) electrons. The van der Waals surface area contributed by atoms with Crippen molar-refractivity contribution in [3.63, 3.8) is 0 Å². The van der Waals surface area contributed by atoms with Gasteiger partial charge in [0.2, 0.25) is 5.91 Å². The van der Waals surface area contributed by atoms with Crippen LogP contribution in [0.5, 0.6) is 0 Å². The molecule has 76 valence electrons. The molecule has 1 rings (SSSR count). The predicted molar refractivity (Wildman–Crippen MR) is 55.9 cm³/mol. The van der Waals surface area contributed by atoms with Gasteiger partial charge in [-0.3, -0.25) is 4.79 Å². The minimum absolute atomic E-state index is 0.0139. The van der Waals surface area contributed by atoms with Gasteiger partial charge in [0.15, 0.2) is 5.82 Å². The van der Waals surface area contributed by atoms with Gasteiger partial charge in [0.25, 0.3) is 0 Å². The molecule has 0 aromatic carbocycles. The Kier molecular flexibility index (Phi) is 4.18. The molecule has 0 aliphatic heterocycles. The maximum Gasteiger partial charge on any atom is 0.220 e. The first kappa shape index (κ1) is 10.8. The molecule has 0 atom stereocenters. The van der Waals surface area contributed by atoms with Gasteiger partial charge in [-0.2, -0.15) is 0 Å². The summed E-state index contributed by atoms with van der Waals surface area (Å²) in [5, 5.41) is 3.22. The van der Waals surface area contributed by atoms with Crippen LogP contribution in [0.1, 0.15) is 6.42 Å². The van der Waals surface area contributed by atoms with E-state index in [9.17, 15) is 4.79 Å². The van der Waals surface area contributed by atoms with E-state index in [1.807, 2.05) is 0 Å². The van der Waals surface area contributed by atoms with E-state index in [0.717, 1.165) is 0 Å². The van der Waals surface area contributed by atoms with Gasteiger partial charge in [-0.1, -0.05) is 0 Å². The molecule has 5 nitrogen and oxygen atoms in total. The molecule has 0 saturated carbocycles. The van der Waals surface area contributed by atoms with Crippen LogP contribution in [0.3, 0.4) is 0 Å². The summed E-state index contributed by atoms with van der Waals surface area (Å²) in [5.41, 5.74) is 5.57. The molecule has 1 heterocycles. The lowest BCUT2D eigenvalue weighted by molar-refractivity contribution is -0.120. The number of nitrogen functional groups attached to an aromatic ring is 1. The second-order valence-electron chi connectivity index (χ2n) is 2.52. The number of rotatable bonds is 4. The van der Waals surface area contributed by atoms with Crippen molar-refractivity contribution in [3.05, 3.63) is 12.4 Å². The molecule has 1 amide bonds. The molecule has 14 heavy (non-hydrogen) atoms. The van der Waals surface area contributed by atoms with Crippen LogP contribution in [0.25, 0.3) is 0 Å². The molecule has 3 N–H and O–H groups in total. The minimum atomic E-state index is 0.0139. The fraction of sp³-hybridized carbons (Fsp3) is 0.375. The highest BCUT2D eigenvalue weighted by atomic mass is 32.2. The van der Waals surface area contributed by atoms with Gasteiger partial charge in [0, 0.05) is 31.6 Å². The first-order valence-electron chi connectivity index (χ1n) is 4.14. The van der Waals surface area contributed by atoms with Crippen LogP contribution < -0.4 is 11.1 Å². The lowest BCUT2D eigenvalue weighted by Gasteiger charge is -2.01. The smallest absolute Gasteiger partial charge is 0.220 e. The monoisotopic (exact) mass is 212 g/mol. The molecule has 0 unspecified atom stereocenters. The summed E-state index contributed by atoms with van der Waals surface area (Å²) < 4.78 is 0. The molecule has 0 aliphatic carbocycles. The Labute approximate surface area is 86.5 Å². The molecule has 1 aromatic heterocycles. The molecule has 0 saturated heterocycles. The zero-order valence-corrected chi connectivity index (χ0v) is 8.67. The van der Waals surface area contributed by atoms with Crippen LogP contribution in [0.15, 0.2) is 17.4 Å². The fourth-order valence-corrected chi connectivity index (χ4v) is 1.63. The molecular formula is C8H12N4OS. The number of amides is 1. The van der Waals surface area contributed by atoms with E-state index < -0.39 is 0 Å². The van der Waals surface area contributed by atoms with Crippen molar-refractivity contribution in [2.45, 2.75) is 11.4 Å². The molecule has 0 aliphatic rings. The van der Waals surface area contributed by atoms with Gasteiger partial charge < -0.3 is 11.1 Å². The Morgan fingerprint density at radius 2 is 2.29 bits per heavy atom. The number of carbonyl (C=O) groups is 1. The lowest BCUT2D eigenvalue weighted by Crippen LogP contribution is -2.17. The molecular weight excluding hydrogens is 200 g/mol. The first-order valence-corrected chi connectivity index (χ1v) is 5.12. The van der Waals surface area contributed by atoms with E-state index in [1.165, 1.54) is 18.0 Å². The fourth-order valence-electron chi connectivity index (χ4n) is 0.813. The number of aromatic nitrogens is 2. The van der Waals surface area contributed by atoms with Gasteiger partial charge in [-0.25, -0.2) is 9.97 Å². The summed E-state index contributed by atoms with van der Waals surface area (Å²) in [4.78, 5) is 18.8. The highest BCUT2D eigenvalue weighted by Gasteiger charge is 2.03. The molecule has 6 heteroatoms. The highest BCUT2D eigenvalue weighted by Crippen LogP contribution is 2.19. The van der Waals surface area contributed by atoms with E-state index in [1.54, 1.807) is 13.2 Å².